The maximum Gasteiger partial charge on any atom is 0.389 e. The Morgan fingerprint density at radius 2 is 1.82 bits per heavy atom. The number of rotatable bonds is 4. The zero-order valence-electron chi connectivity index (χ0n) is 5.95. The average molecular weight is 169 g/mol. The van der Waals surface area contributed by atoms with Gasteiger partial charge in [0.15, 0.2) is 0 Å². The highest BCUT2D eigenvalue weighted by molar-refractivity contribution is 5.73. The summed E-state index contributed by atoms with van der Waals surface area (Å²) in [5.74, 6) is -0.549. The summed E-state index contributed by atoms with van der Waals surface area (Å²) in [5, 5.41) is 0. The molecule has 0 aliphatic rings. The van der Waals surface area contributed by atoms with Crippen molar-refractivity contribution in [3.63, 3.8) is 0 Å². The number of carbonyl (C=O) groups excluding carboxylic acids is 1. The van der Waals surface area contributed by atoms with E-state index in [9.17, 15) is 18.0 Å². The number of hydrogen-bond acceptors (Lipinski definition) is 1. The van der Waals surface area contributed by atoms with Crippen molar-refractivity contribution in [3.8, 4) is 0 Å². The number of carbonyl (C=O) groups is 1. The van der Waals surface area contributed by atoms with E-state index in [0.29, 0.717) is 0 Å². The molecule has 0 atom stereocenters. The number of hydrogen-bond donors (Lipinski definition) is 1. The molecule has 0 spiro atoms. The van der Waals surface area contributed by atoms with Crippen LogP contribution in [0.4, 0.5) is 13.2 Å². The van der Waals surface area contributed by atoms with Gasteiger partial charge in [-0.25, -0.2) is 0 Å². The largest absolute Gasteiger partial charge is 0.389 e. The maximum absolute atomic E-state index is 11.5. The van der Waals surface area contributed by atoms with Gasteiger partial charge in [-0.15, -0.1) is 0 Å². The molecular formula is C6H10F3NO. The molecule has 0 aliphatic carbocycles. The van der Waals surface area contributed by atoms with E-state index >= 15 is 0 Å². The third-order valence-corrected chi connectivity index (χ3v) is 1.13. The Morgan fingerprint density at radius 3 is 2.18 bits per heavy atom. The second kappa shape index (κ2) is 4.20. The van der Waals surface area contributed by atoms with Crippen LogP contribution in [0.15, 0.2) is 0 Å². The molecule has 5 heteroatoms. The van der Waals surface area contributed by atoms with Crippen LogP contribution in [0.3, 0.4) is 0 Å². The van der Waals surface area contributed by atoms with Crippen LogP contribution < -0.4 is 5.73 Å². The van der Waals surface area contributed by atoms with Crippen LogP contribution in [0.25, 0.3) is 0 Å². The predicted molar refractivity (Wildman–Crippen MR) is 33.7 cm³/mol. The molecular weight excluding hydrogens is 159 g/mol. The fraction of sp³-hybridized carbons (Fsp3) is 0.833. The highest BCUT2D eigenvalue weighted by Crippen LogP contribution is 2.22. The van der Waals surface area contributed by atoms with E-state index in [1.54, 1.807) is 0 Å². The van der Waals surface area contributed by atoms with Gasteiger partial charge in [0, 0.05) is 12.8 Å². The molecule has 11 heavy (non-hydrogen) atoms. The van der Waals surface area contributed by atoms with E-state index in [1.807, 2.05) is 0 Å². The summed E-state index contributed by atoms with van der Waals surface area (Å²) < 4.78 is 34.4. The first kappa shape index (κ1) is 10.3. The lowest BCUT2D eigenvalue weighted by atomic mass is 10.2. The SMILES string of the molecule is NC(=O)CCCCC(F)(F)F. The number of alkyl halides is 3. The molecule has 0 fully saturated rings. The molecule has 0 bridgehead atoms. The van der Waals surface area contributed by atoms with Crippen molar-refractivity contribution in [2.45, 2.75) is 31.9 Å². The predicted octanol–water partition coefficient (Wildman–Crippen LogP) is 1.59. The summed E-state index contributed by atoms with van der Waals surface area (Å²) in [5.41, 5.74) is 4.72. The molecule has 0 saturated carbocycles. The molecule has 2 nitrogen and oxygen atoms in total. The van der Waals surface area contributed by atoms with E-state index in [0.717, 1.165) is 0 Å². The van der Waals surface area contributed by atoms with Gasteiger partial charge >= 0.3 is 6.18 Å². The van der Waals surface area contributed by atoms with Crippen LogP contribution in [0.1, 0.15) is 25.7 Å². The van der Waals surface area contributed by atoms with Crippen molar-refractivity contribution in [2.75, 3.05) is 0 Å². The first-order valence-corrected chi connectivity index (χ1v) is 3.27. The standard InChI is InChI=1S/C6H10F3NO/c7-6(8,9)4-2-1-3-5(10)11/h1-4H2,(H2,10,11). The van der Waals surface area contributed by atoms with Crippen molar-refractivity contribution >= 4 is 5.91 Å². The summed E-state index contributed by atoms with van der Waals surface area (Å²) in [6, 6.07) is 0. The summed E-state index contributed by atoms with van der Waals surface area (Å²) >= 11 is 0. The van der Waals surface area contributed by atoms with E-state index in [1.165, 1.54) is 0 Å². The van der Waals surface area contributed by atoms with E-state index in [4.69, 9.17) is 5.73 Å². The highest BCUT2D eigenvalue weighted by Gasteiger charge is 2.25. The summed E-state index contributed by atoms with van der Waals surface area (Å²) in [7, 11) is 0. The van der Waals surface area contributed by atoms with E-state index < -0.39 is 18.5 Å². The summed E-state index contributed by atoms with van der Waals surface area (Å²) in [4.78, 5) is 10.1. The molecule has 0 saturated heterocycles. The Bertz CT molecular complexity index is 132. The molecule has 66 valence electrons. The lowest BCUT2D eigenvalue weighted by Gasteiger charge is -2.03. The van der Waals surface area contributed by atoms with Gasteiger partial charge in [-0.3, -0.25) is 4.79 Å². The minimum atomic E-state index is -4.11. The lowest BCUT2D eigenvalue weighted by Crippen LogP contribution is -2.11. The Hall–Kier alpha value is -0.740. The molecule has 0 aromatic heterocycles. The second-order valence-electron chi connectivity index (χ2n) is 2.29. The number of halogens is 3. The quantitative estimate of drug-likeness (QED) is 0.638. The van der Waals surface area contributed by atoms with Crippen LogP contribution in [-0.2, 0) is 4.79 Å². The Kier molecular flexibility index (Phi) is 3.92. The van der Waals surface area contributed by atoms with Crippen LogP contribution in [0, 0.1) is 0 Å². The molecule has 0 radical (unpaired) electrons. The molecule has 0 unspecified atom stereocenters. The van der Waals surface area contributed by atoms with Crippen molar-refractivity contribution in [2.24, 2.45) is 5.73 Å². The Morgan fingerprint density at radius 1 is 1.27 bits per heavy atom. The summed E-state index contributed by atoms with van der Waals surface area (Å²) in [6.45, 7) is 0. The molecule has 0 aromatic carbocycles. The Balaban J connectivity index is 3.22. The van der Waals surface area contributed by atoms with Crippen LogP contribution >= 0.6 is 0 Å². The van der Waals surface area contributed by atoms with Crippen LogP contribution in [0.5, 0.6) is 0 Å². The number of amides is 1. The molecule has 0 heterocycles. The highest BCUT2D eigenvalue weighted by atomic mass is 19.4. The normalized spacial score (nSPS) is 11.5. The van der Waals surface area contributed by atoms with Crippen molar-refractivity contribution in [3.05, 3.63) is 0 Å². The monoisotopic (exact) mass is 169 g/mol. The smallest absolute Gasteiger partial charge is 0.370 e. The minimum Gasteiger partial charge on any atom is -0.370 e. The van der Waals surface area contributed by atoms with Gasteiger partial charge in [-0.1, -0.05) is 0 Å². The van der Waals surface area contributed by atoms with Gasteiger partial charge in [0.25, 0.3) is 0 Å². The van der Waals surface area contributed by atoms with E-state index in [2.05, 4.69) is 0 Å². The van der Waals surface area contributed by atoms with Gasteiger partial charge in [0.2, 0.25) is 5.91 Å². The molecule has 0 aromatic rings. The third-order valence-electron chi connectivity index (χ3n) is 1.13. The maximum atomic E-state index is 11.5. The molecule has 2 N–H and O–H groups in total. The van der Waals surface area contributed by atoms with Crippen LogP contribution in [-0.4, -0.2) is 12.1 Å². The Labute approximate surface area is 62.6 Å². The van der Waals surface area contributed by atoms with Crippen molar-refractivity contribution in [1.82, 2.24) is 0 Å². The van der Waals surface area contributed by atoms with Crippen molar-refractivity contribution < 1.29 is 18.0 Å². The van der Waals surface area contributed by atoms with Gasteiger partial charge in [0.1, 0.15) is 0 Å². The minimum absolute atomic E-state index is 0.0214. The van der Waals surface area contributed by atoms with Gasteiger partial charge in [-0.05, 0) is 12.8 Å². The van der Waals surface area contributed by atoms with Gasteiger partial charge in [-0.2, -0.15) is 13.2 Å². The average Bonchev–Trinajstić information content (AvgIpc) is 1.78. The summed E-state index contributed by atoms with van der Waals surface area (Å²) in [6.07, 6.45) is -4.71. The van der Waals surface area contributed by atoms with Gasteiger partial charge < -0.3 is 5.73 Å². The third kappa shape index (κ3) is 9.26. The first-order valence-electron chi connectivity index (χ1n) is 3.27. The fourth-order valence-corrected chi connectivity index (χ4v) is 0.625. The van der Waals surface area contributed by atoms with E-state index in [-0.39, 0.29) is 19.3 Å². The molecule has 0 aliphatic heterocycles. The van der Waals surface area contributed by atoms with Crippen molar-refractivity contribution in [1.29, 1.82) is 0 Å². The zero-order chi connectivity index (χ0) is 8.91. The zero-order valence-corrected chi connectivity index (χ0v) is 5.95. The molecule has 1 amide bonds. The second-order valence-corrected chi connectivity index (χ2v) is 2.29. The fourth-order valence-electron chi connectivity index (χ4n) is 0.625. The number of nitrogens with two attached hydrogens (primary N) is 1. The number of primary amides is 1. The molecule has 0 rings (SSSR count). The number of unbranched alkanes of at least 4 members (excludes halogenated alkanes) is 1. The van der Waals surface area contributed by atoms with Crippen LogP contribution in [0.2, 0.25) is 0 Å². The topological polar surface area (TPSA) is 43.1 Å². The first-order chi connectivity index (χ1) is 4.92. The van der Waals surface area contributed by atoms with Gasteiger partial charge in [0.05, 0.1) is 0 Å². The lowest BCUT2D eigenvalue weighted by molar-refractivity contribution is -0.136.